The number of benzene rings is 3. The predicted molar refractivity (Wildman–Crippen MR) is 153 cm³/mol. The van der Waals surface area contributed by atoms with Gasteiger partial charge in [-0.1, -0.05) is 57.9 Å². The van der Waals surface area contributed by atoms with Crippen molar-refractivity contribution in [1.82, 2.24) is 15.4 Å². The second-order valence-corrected chi connectivity index (χ2v) is 10.5. The first-order valence-corrected chi connectivity index (χ1v) is 13.5. The summed E-state index contributed by atoms with van der Waals surface area (Å²) in [7, 11) is 1.33. The van der Waals surface area contributed by atoms with E-state index in [4.69, 9.17) is 48.8 Å². The van der Waals surface area contributed by atoms with E-state index in [9.17, 15) is 4.79 Å². The number of halogens is 3. The number of carbonyl (C=O) groups is 1. The van der Waals surface area contributed by atoms with Crippen LogP contribution in [0.3, 0.4) is 0 Å². The van der Waals surface area contributed by atoms with E-state index in [0.29, 0.717) is 60.2 Å². The molecule has 0 radical (unpaired) electrons. The Labute approximate surface area is 244 Å². The monoisotopic (exact) mass is 591 g/mol. The highest BCUT2D eigenvalue weighted by Crippen LogP contribution is 2.46. The van der Waals surface area contributed by atoms with Gasteiger partial charge in [0.15, 0.2) is 0 Å². The van der Waals surface area contributed by atoms with Gasteiger partial charge >= 0.3 is 5.97 Å². The number of esters is 1. The molecule has 0 atom stereocenters. The van der Waals surface area contributed by atoms with Gasteiger partial charge in [0.1, 0.15) is 23.8 Å². The van der Waals surface area contributed by atoms with Crippen LogP contribution in [-0.4, -0.2) is 28.4 Å². The minimum absolute atomic E-state index is 0.201. The molecule has 2 aromatic heterocycles. The van der Waals surface area contributed by atoms with Crippen LogP contribution in [-0.2, 0) is 11.3 Å². The molecule has 10 heteroatoms. The van der Waals surface area contributed by atoms with Crippen molar-refractivity contribution in [3.63, 3.8) is 0 Å². The molecule has 2 heterocycles. The van der Waals surface area contributed by atoms with Crippen molar-refractivity contribution in [3.8, 4) is 28.8 Å². The summed E-state index contributed by atoms with van der Waals surface area (Å²) in [5.74, 6) is 7.37. The fourth-order valence-electron chi connectivity index (χ4n) is 4.42. The van der Waals surface area contributed by atoms with E-state index in [1.165, 1.54) is 7.11 Å². The van der Waals surface area contributed by atoms with Crippen LogP contribution in [0.4, 0.5) is 0 Å². The van der Waals surface area contributed by atoms with E-state index < -0.39 is 5.97 Å². The van der Waals surface area contributed by atoms with Gasteiger partial charge < -0.3 is 14.0 Å². The zero-order valence-corrected chi connectivity index (χ0v) is 23.3. The third-order valence-electron chi connectivity index (χ3n) is 6.60. The average molecular weight is 593 g/mol. The molecule has 0 saturated heterocycles. The number of rotatable bonds is 6. The van der Waals surface area contributed by atoms with Crippen LogP contribution in [0.2, 0.25) is 15.1 Å². The maximum absolute atomic E-state index is 12.1. The molecule has 1 N–H and O–H groups in total. The molecular weight excluding hydrogens is 573 g/mol. The van der Waals surface area contributed by atoms with Gasteiger partial charge in [-0.2, -0.15) is 5.10 Å². The fourth-order valence-corrected chi connectivity index (χ4v) is 5.21. The molecular formula is C30H20Cl3N3O4. The van der Waals surface area contributed by atoms with Crippen molar-refractivity contribution >= 4 is 51.7 Å². The highest BCUT2D eigenvalue weighted by molar-refractivity contribution is 6.39. The van der Waals surface area contributed by atoms with Gasteiger partial charge in [0, 0.05) is 34.1 Å². The van der Waals surface area contributed by atoms with Crippen LogP contribution in [0.1, 0.15) is 51.6 Å². The summed E-state index contributed by atoms with van der Waals surface area (Å²) in [5, 5.41) is 13.4. The SMILES string of the molecule is COC(=O)c1cc(C#Cc2ccc(OCc3c(-c4c(Cl)cccc4Cl)noc3C3CC3)cc2Cl)c2cn[nH]c2c1. The number of nitrogens with zero attached hydrogens (tertiary/aromatic N) is 2. The molecule has 7 nitrogen and oxygen atoms in total. The van der Waals surface area contributed by atoms with Crippen LogP contribution >= 0.6 is 34.8 Å². The second kappa shape index (κ2) is 10.9. The zero-order chi connectivity index (χ0) is 27.8. The molecule has 1 fully saturated rings. The highest BCUT2D eigenvalue weighted by Gasteiger charge is 2.33. The Hall–Kier alpha value is -3.96. The number of H-pyrrole nitrogens is 1. The quantitative estimate of drug-likeness (QED) is 0.160. The topological polar surface area (TPSA) is 90.2 Å². The summed E-state index contributed by atoms with van der Waals surface area (Å²) in [6.45, 7) is 0.201. The van der Waals surface area contributed by atoms with Gasteiger partial charge in [-0.3, -0.25) is 5.10 Å². The molecule has 3 aromatic carbocycles. The van der Waals surface area contributed by atoms with E-state index >= 15 is 0 Å². The first kappa shape index (κ1) is 26.3. The van der Waals surface area contributed by atoms with Gasteiger partial charge in [0.25, 0.3) is 0 Å². The summed E-state index contributed by atoms with van der Waals surface area (Å²) in [4.78, 5) is 12.1. The minimum Gasteiger partial charge on any atom is -0.489 e. The van der Waals surface area contributed by atoms with E-state index in [1.807, 2.05) is 0 Å². The van der Waals surface area contributed by atoms with Crippen molar-refractivity contribution in [3.05, 3.63) is 97.8 Å². The lowest BCUT2D eigenvalue weighted by molar-refractivity contribution is 0.0601. The molecule has 5 aromatic rings. The Kier molecular flexibility index (Phi) is 7.16. The molecule has 1 saturated carbocycles. The van der Waals surface area contributed by atoms with Gasteiger partial charge in [-0.15, -0.1) is 0 Å². The lowest BCUT2D eigenvalue weighted by Gasteiger charge is -2.10. The highest BCUT2D eigenvalue weighted by atomic mass is 35.5. The normalized spacial score (nSPS) is 12.7. The maximum Gasteiger partial charge on any atom is 0.337 e. The number of aromatic amines is 1. The molecule has 40 heavy (non-hydrogen) atoms. The average Bonchev–Trinajstić information content (AvgIpc) is 3.53. The van der Waals surface area contributed by atoms with Crippen molar-refractivity contribution in [2.24, 2.45) is 0 Å². The first-order chi connectivity index (χ1) is 19.4. The Bertz CT molecular complexity index is 1810. The Morgan fingerprint density at radius 3 is 2.55 bits per heavy atom. The summed E-state index contributed by atoms with van der Waals surface area (Å²) in [6.07, 6.45) is 3.72. The largest absolute Gasteiger partial charge is 0.489 e. The van der Waals surface area contributed by atoms with E-state index in [2.05, 4.69) is 27.2 Å². The first-order valence-electron chi connectivity index (χ1n) is 12.4. The number of fused-ring (bicyclic) bond motifs is 1. The zero-order valence-electron chi connectivity index (χ0n) is 21.1. The number of aromatic nitrogens is 3. The van der Waals surface area contributed by atoms with Crippen LogP contribution in [0.25, 0.3) is 22.2 Å². The van der Waals surface area contributed by atoms with Gasteiger partial charge in [-0.25, -0.2) is 4.79 Å². The molecule has 6 rings (SSSR count). The van der Waals surface area contributed by atoms with E-state index in [0.717, 1.165) is 29.6 Å². The number of carbonyl (C=O) groups excluding carboxylic acids is 1. The van der Waals surface area contributed by atoms with Gasteiger partial charge in [0.2, 0.25) is 0 Å². The van der Waals surface area contributed by atoms with Crippen LogP contribution in [0.15, 0.2) is 59.3 Å². The summed E-state index contributed by atoms with van der Waals surface area (Å²) < 4.78 is 16.7. The number of ether oxygens (including phenoxy) is 2. The van der Waals surface area contributed by atoms with E-state index in [-0.39, 0.29) is 6.61 Å². The molecule has 0 spiro atoms. The number of methoxy groups -OCH3 is 1. The third kappa shape index (κ3) is 5.14. The number of nitrogens with one attached hydrogen (secondary N) is 1. The lowest BCUT2D eigenvalue weighted by atomic mass is 10.0. The van der Waals surface area contributed by atoms with E-state index in [1.54, 1.807) is 54.7 Å². The summed E-state index contributed by atoms with van der Waals surface area (Å²) in [6, 6.07) is 13.9. The standard InChI is InChI=1S/C30H20Cl3N3O4/c1-38-30(37)19-11-18(21-14-34-35-26(21)12-19)8-5-16-9-10-20(13-25(16)33)39-15-22-28(36-40-29(22)17-6-7-17)27-23(31)3-2-4-24(27)32/h2-4,9-14,17H,6-7,15H2,1H3,(H,34,35). The minimum atomic E-state index is -0.461. The lowest BCUT2D eigenvalue weighted by Crippen LogP contribution is -2.01. The van der Waals surface area contributed by atoms with Crippen LogP contribution in [0.5, 0.6) is 5.75 Å². The smallest absolute Gasteiger partial charge is 0.337 e. The molecule has 1 aliphatic rings. The summed E-state index contributed by atoms with van der Waals surface area (Å²) in [5.41, 5.74) is 4.27. The molecule has 0 unspecified atom stereocenters. The molecule has 200 valence electrons. The van der Waals surface area contributed by atoms with Crippen molar-refractivity contribution < 1.29 is 18.8 Å². The third-order valence-corrected chi connectivity index (χ3v) is 7.54. The summed E-state index contributed by atoms with van der Waals surface area (Å²) >= 11 is 19.5. The van der Waals surface area contributed by atoms with Gasteiger partial charge in [0.05, 0.1) is 45.0 Å². The van der Waals surface area contributed by atoms with Crippen molar-refractivity contribution in [1.29, 1.82) is 0 Å². The van der Waals surface area contributed by atoms with Gasteiger partial charge in [-0.05, 0) is 49.2 Å². The molecule has 0 amide bonds. The van der Waals surface area contributed by atoms with Crippen molar-refractivity contribution in [2.45, 2.75) is 25.4 Å². The maximum atomic E-state index is 12.1. The van der Waals surface area contributed by atoms with Crippen molar-refractivity contribution in [2.75, 3.05) is 7.11 Å². The Balaban J connectivity index is 1.26. The number of hydrogen-bond donors (Lipinski definition) is 1. The van der Waals surface area contributed by atoms with Crippen LogP contribution < -0.4 is 4.74 Å². The molecule has 0 bridgehead atoms. The predicted octanol–water partition coefficient (Wildman–Crippen LogP) is 7.82. The Morgan fingerprint density at radius 2 is 1.82 bits per heavy atom. The fraction of sp³-hybridized carbons (Fsp3) is 0.167. The Morgan fingerprint density at radius 1 is 1.05 bits per heavy atom. The van der Waals surface area contributed by atoms with Crippen LogP contribution in [0, 0.1) is 11.8 Å². The molecule has 1 aliphatic carbocycles. The number of hydrogen-bond acceptors (Lipinski definition) is 6. The molecule has 0 aliphatic heterocycles. The second-order valence-electron chi connectivity index (χ2n) is 9.27.